The summed E-state index contributed by atoms with van der Waals surface area (Å²) in [6.45, 7) is 1.92. The number of rotatable bonds is 3. The van der Waals surface area contributed by atoms with Crippen LogP contribution >= 0.6 is 0 Å². The molecule has 1 unspecified atom stereocenters. The molecule has 0 spiro atoms. The maximum absolute atomic E-state index is 13.4. The number of hydrogen-bond donors (Lipinski definition) is 1. The molecule has 19 heavy (non-hydrogen) atoms. The van der Waals surface area contributed by atoms with Gasteiger partial charge in [0.1, 0.15) is 0 Å². The van der Waals surface area contributed by atoms with Crippen molar-refractivity contribution in [1.82, 2.24) is 10.3 Å². The van der Waals surface area contributed by atoms with E-state index in [1.165, 1.54) is 25.3 Å². The summed E-state index contributed by atoms with van der Waals surface area (Å²) in [6.07, 6.45) is 6.83. The quantitative estimate of drug-likeness (QED) is 0.856. The fourth-order valence-corrected chi connectivity index (χ4v) is 2.63. The molecule has 1 amide bonds. The van der Waals surface area contributed by atoms with E-state index < -0.39 is 17.7 Å². The standard InChI is InChI=1S/C14H18F2N2O/c1-9(10-5-3-2-4-6-10)18-14(19)11-7-8-17-13(16)12(11)15/h7-10H,2-6H2,1H3,(H,18,19). The molecule has 104 valence electrons. The Morgan fingerprint density at radius 2 is 2.05 bits per heavy atom. The molecule has 1 aromatic rings. The highest BCUT2D eigenvalue weighted by Crippen LogP contribution is 2.26. The molecular formula is C14H18F2N2O. The van der Waals surface area contributed by atoms with Crippen LogP contribution in [0.3, 0.4) is 0 Å². The number of pyridine rings is 1. The molecule has 5 heteroatoms. The van der Waals surface area contributed by atoms with E-state index in [1.54, 1.807) is 0 Å². The van der Waals surface area contributed by atoms with Gasteiger partial charge in [-0.25, -0.2) is 9.37 Å². The summed E-state index contributed by atoms with van der Waals surface area (Å²) in [5.41, 5.74) is -0.282. The third kappa shape index (κ3) is 3.28. The van der Waals surface area contributed by atoms with E-state index >= 15 is 0 Å². The number of carbonyl (C=O) groups is 1. The van der Waals surface area contributed by atoms with E-state index in [1.807, 2.05) is 6.92 Å². The van der Waals surface area contributed by atoms with Crippen LogP contribution in [0.25, 0.3) is 0 Å². The molecule has 3 nitrogen and oxygen atoms in total. The van der Waals surface area contributed by atoms with Crippen LogP contribution in [0.4, 0.5) is 8.78 Å². The molecule has 2 rings (SSSR count). The number of nitrogens with zero attached hydrogens (tertiary/aromatic N) is 1. The molecule has 1 N–H and O–H groups in total. The number of amides is 1. The van der Waals surface area contributed by atoms with Crippen LogP contribution in [-0.2, 0) is 0 Å². The lowest BCUT2D eigenvalue weighted by atomic mass is 9.84. The number of hydrogen-bond acceptors (Lipinski definition) is 2. The van der Waals surface area contributed by atoms with Gasteiger partial charge in [-0.05, 0) is 31.7 Å². The van der Waals surface area contributed by atoms with Crippen molar-refractivity contribution in [3.8, 4) is 0 Å². The van der Waals surface area contributed by atoms with Gasteiger partial charge in [0, 0.05) is 12.2 Å². The van der Waals surface area contributed by atoms with Gasteiger partial charge >= 0.3 is 0 Å². The maximum atomic E-state index is 13.4. The SMILES string of the molecule is CC(NC(=O)c1ccnc(F)c1F)C1CCCCC1. The molecule has 0 aliphatic heterocycles. The van der Waals surface area contributed by atoms with E-state index in [0.29, 0.717) is 5.92 Å². The first-order valence-corrected chi connectivity index (χ1v) is 6.70. The predicted octanol–water partition coefficient (Wildman–Crippen LogP) is 3.06. The van der Waals surface area contributed by atoms with Gasteiger partial charge in [-0.15, -0.1) is 0 Å². The van der Waals surface area contributed by atoms with Gasteiger partial charge in [0.15, 0.2) is 5.82 Å². The third-order valence-electron chi connectivity index (χ3n) is 3.81. The Bertz CT molecular complexity index is 459. The Hall–Kier alpha value is -1.52. The summed E-state index contributed by atoms with van der Waals surface area (Å²) in [4.78, 5) is 15.1. The highest BCUT2D eigenvalue weighted by atomic mass is 19.2. The van der Waals surface area contributed by atoms with E-state index in [-0.39, 0.29) is 11.6 Å². The van der Waals surface area contributed by atoms with Crippen LogP contribution < -0.4 is 5.32 Å². The first-order chi connectivity index (χ1) is 9.09. The van der Waals surface area contributed by atoms with E-state index in [2.05, 4.69) is 10.3 Å². The summed E-state index contributed by atoms with van der Waals surface area (Å²) in [5, 5.41) is 2.76. The molecule has 1 atom stereocenters. The minimum Gasteiger partial charge on any atom is -0.349 e. The van der Waals surface area contributed by atoms with Gasteiger partial charge in [-0.2, -0.15) is 4.39 Å². The Morgan fingerprint density at radius 1 is 1.37 bits per heavy atom. The average molecular weight is 268 g/mol. The maximum Gasteiger partial charge on any atom is 0.254 e. The van der Waals surface area contributed by atoms with Gasteiger partial charge in [-0.1, -0.05) is 19.3 Å². The first kappa shape index (κ1) is 13.9. The summed E-state index contributed by atoms with van der Waals surface area (Å²) in [7, 11) is 0. The number of nitrogens with one attached hydrogen (secondary N) is 1. The minimum atomic E-state index is -1.24. The van der Waals surface area contributed by atoms with Crippen LogP contribution in [0, 0.1) is 17.7 Å². The molecule has 0 bridgehead atoms. The highest BCUT2D eigenvalue weighted by molar-refractivity contribution is 5.94. The van der Waals surface area contributed by atoms with Gasteiger partial charge in [0.05, 0.1) is 5.56 Å². The lowest BCUT2D eigenvalue weighted by Gasteiger charge is -2.28. The number of halogens is 2. The van der Waals surface area contributed by atoms with Gasteiger partial charge in [0.2, 0.25) is 5.95 Å². The zero-order valence-electron chi connectivity index (χ0n) is 11.0. The fourth-order valence-electron chi connectivity index (χ4n) is 2.63. The van der Waals surface area contributed by atoms with Crippen LogP contribution in [-0.4, -0.2) is 16.9 Å². The summed E-state index contributed by atoms with van der Waals surface area (Å²) < 4.78 is 26.4. The first-order valence-electron chi connectivity index (χ1n) is 6.70. The molecule has 1 heterocycles. The summed E-state index contributed by atoms with van der Waals surface area (Å²) in [5.74, 6) is -2.57. The van der Waals surface area contributed by atoms with Crippen molar-refractivity contribution in [2.45, 2.75) is 45.1 Å². The molecule has 1 aromatic heterocycles. The number of aromatic nitrogens is 1. The van der Waals surface area contributed by atoms with Crippen molar-refractivity contribution in [1.29, 1.82) is 0 Å². The Kier molecular flexibility index (Phi) is 4.45. The normalized spacial score (nSPS) is 18.1. The van der Waals surface area contributed by atoms with Gasteiger partial charge < -0.3 is 5.32 Å². The van der Waals surface area contributed by atoms with Gasteiger partial charge in [-0.3, -0.25) is 4.79 Å². The zero-order valence-corrected chi connectivity index (χ0v) is 11.0. The molecule has 1 fully saturated rings. The zero-order chi connectivity index (χ0) is 13.8. The molecule has 1 aliphatic carbocycles. The van der Waals surface area contributed by atoms with E-state index in [0.717, 1.165) is 19.0 Å². The molecule has 1 saturated carbocycles. The second-order valence-electron chi connectivity index (χ2n) is 5.12. The number of carbonyl (C=O) groups excluding carboxylic acids is 1. The Labute approximate surface area is 111 Å². The predicted molar refractivity (Wildman–Crippen MR) is 67.7 cm³/mol. The second-order valence-corrected chi connectivity index (χ2v) is 5.12. The minimum absolute atomic E-state index is 0.0246. The monoisotopic (exact) mass is 268 g/mol. The van der Waals surface area contributed by atoms with Crippen LogP contribution in [0.15, 0.2) is 12.3 Å². The molecule has 0 aromatic carbocycles. The van der Waals surface area contributed by atoms with Crippen molar-refractivity contribution >= 4 is 5.91 Å². The lowest BCUT2D eigenvalue weighted by molar-refractivity contribution is 0.0913. The second kappa shape index (κ2) is 6.08. The van der Waals surface area contributed by atoms with Crippen molar-refractivity contribution in [2.75, 3.05) is 0 Å². The Morgan fingerprint density at radius 3 is 2.74 bits per heavy atom. The van der Waals surface area contributed by atoms with Crippen molar-refractivity contribution in [3.05, 3.63) is 29.6 Å². The molecule has 0 radical (unpaired) electrons. The van der Waals surface area contributed by atoms with Crippen LogP contribution in [0.2, 0.25) is 0 Å². The van der Waals surface area contributed by atoms with Crippen LogP contribution in [0.5, 0.6) is 0 Å². The molecular weight excluding hydrogens is 250 g/mol. The van der Waals surface area contributed by atoms with Gasteiger partial charge in [0.25, 0.3) is 5.91 Å². The molecule has 0 saturated heterocycles. The van der Waals surface area contributed by atoms with E-state index in [4.69, 9.17) is 0 Å². The fraction of sp³-hybridized carbons (Fsp3) is 0.571. The van der Waals surface area contributed by atoms with Crippen molar-refractivity contribution in [2.24, 2.45) is 5.92 Å². The topological polar surface area (TPSA) is 42.0 Å². The van der Waals surface area contributed by atoms with Crippen molar-refractivity contribution < 1.29 is 13.6 Å². The lowest BCUT2D eigenvalue weighted by Crippen LogP contribution is -2.39. The van der Waals surface area contributed by atoms with Crippen LogP contribution in [0.1, 0.15) is 49.4 Å². The van der Waals surface area contributed by atoms with Crippen molar-refractivity contribution in [3.63, 3.8) is 0 Å². The summed E-state index contributed by atoms with van der Waals surface area (Å²) in [6, 6.07) is 1.17. The highest BCUT2D eigenvalue weighted by Gasteiger charge is 2.23. The van der Waals surface area contributed by atoms with E-state index in [9.17, 15) is 13.6 Å². The smallest absolute Gasteiger partial charge is 0.254 e. The summed E-state index contributed by atoms with van der Waals surface area (Å²) >= 11 is 0. The Balaban J connectivity index is 2.02. The average Bonchev–Trinajstić information content (AvgIpc) is 2.42. The molecule has 1 aliphatic rings. The largest absolute Gasteiger partial charge is 0.349 e. The third-order valence-corrected chi connectivity index (χ3v) is 3.81.